The van der Waals surface area contributed by atoms with Gasteiger partial charge in [0.1, 0.15) is 11.2 Å². The Hall–Kier alpha value is -5.06. The summed E-state index contributed by atoms with van der Waals surface area (Å²) in [5.41, 5.74) is 9.50. The number of aromatic nitrogens is 2. The van der Waals surface area contributed by atoms with Gasteiger partial charge < -0.3 is 4.42 Å². The Labute approximate surface area is 234 Å². The van der Waals surface area contributed by atoms with Crippen molar-refractivity contribution < 1.29 is 4.42 Å². The summed E-state index contributed by atoms with van der Waals surface area (Å²) in [4.78, 5) is 5.37. The smallest absolute Gasteiger partial charge is 0.146 e. The van der Waals surface area contributed by atoms with Crippen molar-refractivity contribution in [2.24, 2.45) is 0 Å². The average molecular weight is 528 g/mol. The van der Waals surface area contributed by atoms with E-state index in [1.807, 2.05) is 18.4 Å². The molecule has 3 nitrogen and oxygen atoms in total. The molecule has 1 radical (unpaired) electrons. The Bertz CT molecular complexity index is 2230. The number of pyridine rings is 1. The second-order valence-electron chi connectivity index (χ2n) is 10.1. The van der Waals surface area contributed by atoms with Crippen LogP contribution in [-0.2, 0) is 0 Å². The summed E-state index contributed by atoms with van der Waals surface area (Å²) >= 11 is 0. The number of benzene rings is 5. The van der Waals surface area contributed by atoms with Crippen molar-refractivity contribution in [3.63, 3.8) is 0 Å². The molecule has 3 heterocycles. The first-order valence-corrected chi connectivity index (χ1v) is 13.9. The van der Waals surface area contributed by atoms with Crippen molar-refractivity contribution in [3.8, 4) is 16.8 Å². The zero-order valence-electron chi connectivity index (χ0n) is 21.6. The summed E-state index contributed by atoms with van der Waals surface area (Å²) in [5, 5.41) is 5.64. The number of hydrogen-bond acceptors (Lipinski definition) is 2. The summed E-state index contributed by atoms with van der Waals surface area (Å²) < 4.78 is 8.29. The lowest BCUT2D eigenvalue weighted by molar-refractivity contribution is 0.615. The molecule has 5 aromatic carbocycles. The topological polar surface area (TPSA) is 31.0 Å². The van der Waals surface area contributed by atoms with Gasteiger partial charge in [0.15, 0.2) is 0 Å². The van der Waals surface area contributed by atoms with Crippen molar-refractivity contribution in [1.82, 2.24) is 9.55 Å². The van der Waals surface area contributed by atoms with E-state index in [1.54, 1.807) is 0 Å². The van der Waals surface area contributed by atoms with Crippen LogP contribution in [0.5, 0.6) is 0 Å². The van der Waals surface area contributed by atoms with Crippen LogP contribution in [0.2, 0.25) is 0 Å². The van der Waals surface area contributed by atoms with Crippen LogP contribution in [0.3, 0.4) is 0 Å². The van der Waals surface area contributed by atoms with Crippen LogP contribution in [0.1, 0.15) is 11.1 Å². The van der Waals surface area contributed by atoms with Crippen molar-refractivity contribution in [2.45, 2.75) is 0 Å². The van der Waals surface area contributed by atoms with Crippen LogP contribution in [0.4, 0.5) is 0 Å². The highest BCUT2D eigenvalue weighted by molar-refractivity contribution is 6.50. The molecular weight excluding hydrogens is 504 g/mol. The summed E-state index contributed by atoms with van der Waals surface area (Å²) in [6, 6.07) is 44.6. The van der Waals surface area contributed by atoms with E-state index in [0.29, 0.717) is 0 Å². The fourth-order valence-corrected chi connectivity index (χ4v) is 6.23. The average Bonchev–Trinajstić information content (AvgIpc) is 3.58. The first kappa shape index (κ1) is 22.9. The van der Waals surface area contributed by atoms with Gasteiger partial charge in [0.2, 0.25) is 0 Å². The molecule has 0 bridgehead atoms. The molecule has 0 unspecified atom stereocenters. The lowest BCUT2D eigenvalue weighted by atomic mass is 10.0. The van der Waals surface area contributed by atoms with Crippen molar-refractivity contribution >= 4 is 58.8 Å². The Balaban J connectivity index is 1.40. The maximum absolute atomic E-state index is 6.00. The highest BCUT2D eigenvalue weighted by Gasteiger charge is 2.18. The van der Waals surface area contributed by atoms with E-state index in [-0.39, 0.29) is 0 Å². The minimum atomic E-state index is 0.861. The summed E-state index contributed by atoms with van der Waals surface area (Å²) in [6.07, 6.45) is 1.85. The predicted molar refractivity (Wildman–Crippen MR) is 168 cm³/mol. The normalized spacial score (nSPS) is 11.6. The molecule has 0 spiro atoms. The standard InChI is InChI=1S/C36H23N2OSi/c40-35(24-12-5-2-6-13-24)31-22-39-33-19-18-26(21-29(31)33)38-32-17-8-7-15-28(32)30-20-25-14-9-16-27(34(25)37-36(30)38)23-10-3-1-4-11-23/h1-22,40H. The van der Waals surface area contributed by atoms with Gasteiger partial charge >= 0.3 is 0 Å². The number of para-hydroxylation sites is 2. The first-order valence-electron chi connectivity index (χ1n) is 13.3. The van der Waals surface area contributed by atoms with E-state index in [0.717, 1.165) is 71.5 Å². The third-order valence-corrected chi connectivity index (χ3v) is 8.39. The largest absolute Gasteiger partial charge is 0.464 e. The second kappa shape index (κ2) is 9.01. The molecule has 40 heavy (non-hydrogen) atoms. The lowest BCUT2D eigenvalue weighted by Crippen LogP contribution is -2.02. The van der Waals surface area contributed by atoms with Gasteiger partial charge in [0, 0.05) is 48.2 Å². The number of furan rings is 1. The van der Waals surface area contributed by atoms with E-state index >= 15 is 0 Å². The minimum absolute atomic E-state index is 0.861. The Morgan fingerprint density at radius 2 is 1.45 bits per heavy atom. The molecule has 0 aliphatic carbocycles. The van der Waals surface area contributed by atoms with Crippen molar-refractivity contribution in [3.05, 3.63) is 145 Å². The molecule has 0 atom stereocenters. The highest BCUT2D eigenvalue weighted by atomic mass is 28.1. The summed E-state index contributed by atoms with van der Waals surface area (Å²) in [5.74, 6) is 0. The Morgan fingerprint density at radius 3 is 2.30 bits per heavy atom. The molecule has 0 fully saturated rings. The molecule has 0 aliphatic heterocycles. The number of hydrogen-bond donors (Lipinski definition) is 0. The fourth-order valence-electron chi connectivity index (χ4n) is 5.82. The van der Waals surface area contributed by atoms with Crippen molar-refractivity contribution in [2.75, 3.05) is 0 Å². The van der Waals surface area contributed by atoms with Crippen LogP contribution in [0, 0.1) is 0 Å². The third-order valence-electron chi connectivity index (χ3n) is 7.75. The molecule has 0 amide bonds. The van der Waals surface area contributed by atoms with Crippen LogP contribution in [0.15, 0.2) is 138 Å². The zero-order valence-corrected chi connectivity index (χ0v) is 22.7. The van der Waals surface area contributed by atoms with Gasteiger partial charge in [-0.25, -0.2) is 4.98 Å². The van der Waals surface area contributed by atoms with Crippen LogP contribution in [-0.4, -0.2) is 24.6 Å². The van der Waals surface area contributed by atoms with Gasteiger partial charge in [-0.1, -0.05) is 97.1 Å². The molecule has 3 aromatic heterocycles. The van der Waals surface area contributed by atoms with E-state index in [2.05, 4.69) is 130 Å². The van der Waals surface area contributed by atoms with Crippen molar-refractivity contribution in [1.29, 1.82) is 0 Å². The number of fused-ring (bicyclic) bond motifs is 5. The molecule has 0 N–H and O–H groups in total. The molecule has 8 rings (SSSR count). The third kappa shape index (κ3) is 3.50. The monoisotopic (exact) mass is 527 g/mol. The highest BCUT2D eigenvalue weighted by Crippen LogP contribution is 2.37. The molecular formula is C36H23N2OSi. The SMILES string of the molecule is [SiH]=C(c1ccccc1)c1coc2ccc(-n3c4ccccc4c4cc5cccc(-c6ccccc6)c5nc43)cc12. The van der Waals surface area contributed by atoms with E-state index in [4.69, 9.17) is 9.40 Å². The predicted octanol–water partition coefficient (Wildman–Crippen LogP) is 8.21. The van der Waals surface area contributed by atoms with Gasteiger partial charge in [0.05, 0.1) is 17.3 Å². The van der Waals surface area contributed by atoms with E-state index < -0.39 is 0 Å². The molecule has 4 heteroatoms. The van der Waals surface area contributed by atoms with Gasteiger partial charge in [-0.05, 0) is 46.6 Å². The van der Waals surface area contributed by atoms with Gasteiger partial charge in [-0.15, -0.1) is 0 Å². The summed E-state index contributed by atoms with van der Waals surface area (Å²) in [7, 11) is 2.91. The first-order chi connectivity index (χ1) is 19.8. The lowest BCUT2D eigenvalue weighted by Gasteiger charge is -2.10. The second-order valence-corrected chi connectivity index (χ2v) is 10.6. The quantitative estimate of drug-likeness (QED) is 0.216. The maximum atomic E-state index is 6.00. The van der Waals surface area contributed by atoms with Gasteiger partial charge in [0.25, 0.3) is 0 Å². The minimum Gasteiger partial charge on any atom is -0.464 e. The molecule has 187 valence electrons. The van der Waals surface area contributed by atoms with E-state index in [1.165, 1.54) is 5.39 Å². The number of rotatable bonds is 4. The Morgan fingerprint density at radius 1 is 0.675 bits per heavy atom. The summed E-state index contributed by atoms with van der Waals surface area (Å²) in [6.45, 7) is 0. The van der Waals surface area contributed by atoms with Gasteiger partial charge in [-0.2, -0.15) is 0 Å². The molecule has 0 saturated carbocycles. The Kier molecular flexibility index (Phi) is 5.15. The molecule has 0 saturated heterocycles. The van der Waals surface area contributed by atoms with E-state index in [9.17, 15) is 0 Å². The molecule has 0 aliphatic rings. The zero-order chi connectivity index (χ0) is 26.6. The maximum Gasteiger partial charge on any atom is 0.146 e. The fraction of sp³-hybridized carbons (Fsp3) is 0. The van der Waals surface area contributed by atoms with Crippen LogP contribution >= 0.6 is 0 Å². The molecule has 8 aromatic rings. The van der Waals surface area contributed by atoms with Crippen LogP contribution in [0.25, 0.3) is 60.6 Å². The van der Waals surface area contributed by atoms with Gasteiger partial charge in [-0.3, -0.25) is 4.57 Å². The van der Waals surface area contributed by atoms with Crippen LogP contribution < -0.4 is 0 Å². The number of nitrogens with zero attached hydrogens (tertiary/aromatic N) is 2.